The first-order valence-electron chi connectivity index (χ1n) is 8.44. The van der Waals surface area contributed by atoms with Gasteiger partial charge in [0.25, 0.3) is 0 Å². The van der Waals surface area contributed by atoms with Crippen LogP contribution in [0.1, 0.15) is 39.0 Å². The molecule has 0 spiro atoms. The molecular formula is C15H30N4O2S. The van der Waals surface area contributed by atoms with Gasteiger partial charge in [-0.15, -0.1) is 0 Å². The van der Waals surface area contributed by atoms with E-state index in [1.54, 1.807) is 0 Å². The predicted molar refractivity (Wildman–Crippen MR) is 91.1 cm³/mol. The minimum Gasteiger partial charge on any atom is -0.357 e. The summed E-state index contributed by atoms with van der Waals surface area (Å²) in [5.74, 6) is 0.840. The second-order valence-corrected chi connectivity index (χ2v) is 8.71. The number of likely N-dealkylation sites (tertiary alicyclic amines) is 1. The van der Waals surface area contributed by atoms with Crippen molar-refractivity contribution in [2.75, 3.05) is 38.2 Å². The van der Waals surface area contributed by atoms with Crippen molar-refractivity contribution >= 4 is 15.8 Å². The van der Waals surface area contributed by atoms with Gasteiger partial charge in [-0.05, 0) is 26.2 Å². The van der Waals surface area contributed by atoms with Gasteiger partial charge in [0.1, 0.15) is 9.84 Å². The highest BCUT2D eigenvalue weighted by Gasteiger charge is 2.30. The zero-order valence-corrected chi connectivity index (χ0v) is 14.7. The van der Waals surface area contributed by atoms with Crippen molar-refractivity contribution < 1.29 is 8.42 Å². The summed E-state index contributed by atoms with van der Waals surface area (Å²) in [7, 11) is -2.95. The van der Waals surface area contributed by atoms with Crippen molar-refractivity contribution in [2.45, 2.75) is 51.1 Å². The van der Waals surface area contributed by atoms with Crippen LogP contribution in [0.2, 0.25) is 0 Å². The lowest BCUT2D eigenvalue weighted by atomic mass is 10.2. The lowest BCUT2D eigenvalue weighted by Crippen LogP contribution is -2.45. The molecule has 1 saturated heterocycles. The maximum atomic E-state index is 11.2. The van der Waals surface area contributed by atoms with Crippen LogP contribution in [0, 0.1) is 0 Å². The highest BCUT2D eigenvalue weighted by atomic mass is 32.2. The normalized spacial score (nSPS) is 24.8. The third-order valence-electron chi connectivity index (χ3n) is 4.48. The molecule has 0 aromatic rings. The van der Waals surface area contributed by atoms with Crippen LogP contribution in [0.5, 0.6) is 0 Å². The van der Waals surface area contributed by atoms with Gasteiger partial charge in [0.05, 0.1) is 12.3 Å². The summed E-state index contributed by atoms with van der Waals surface area (Å²) in [5.41, 5.74) is 0. The minimum atomic E-state index is -2.95. The average Bonchev–Trinajstić information content (AvgIpc) is 3.07. The van der Waals surface area contributed by atoms with Crippen LogP contribution < -0.4 is 10.6 Å². The number of aliphatic imine (C=N–C) groups is 1. The van der Waals surface area contributed by atoms with Crippen molar-refractivity contribution in [1.82, 2.24) is 15.5 Å². The molecule has 2 aliphatic rings. The molecule has 22 heavy (non-hydrogen) atoms. The fourth-order valence-electron chi connectivity index (χ4n) is 3.34. The summed E-state index contributed by atoms with van der Waals surface area (Å²) in [6, 6.07) is 1.19. The summed E-state index contributed by atoms with van der Waals surface area (Å²) in [6.07, 6.45) is 7.81. The Morgan fingerprint density at radius 3 is 2.64 bits per heavy atom. The Kier molecular flexibility index (Phi) is 6.50. The van der Waals surface area contributed by atoms with Crippen molar-refractivity contribution in [3.05, 3.63) is 0 Å². The van der Waals surface area contributed by atoms with Gasteiger partial charge in [0.15, 0.2) is 5.96 Å². The topological polar surface area (TPSA) is 73.8 Å². The van der Waals surface area contributed by atoms with Crippen molar-refractivity contribution in [3.63, 3.8) is 0 Å². The molecule has 128 valence electrons. The van der Waals surface area contributed by atoms with Gasteiger partial charge in [0, 0.05) is 38.0 Å². The van der Waals surface area contributed by atoms with E-state index in [1.807, 2.05) is 6.92 Å². The molecule has 0 aromatic carbocycles. The van der Waals surface area contributed by atoms with E-state index in [2.05, 4.69) is 20.5 Å². The highest BCUT2D eigenvalue weighted by molar-refractivity contribution is 7.90. The Morgan fingerprint density at radius 2 is 2.00 bits per heavy atom. The Labute approximate surface area is 134 Å². The Balaban J connectivity index is 1.81. The first kappa shape index (κ1) is 17.5. The Bertz CT molecular complexity index is 472. The van der Waals surface area contributed by atoms with Gasteiger partial charge in [0.2, 0.25) is 0 Å². The molecule has 0 radical (unpaired) electrons. The van der Waals surface area contributed by atoms with Crippen LogP contribution in [-0.2, 0) is 9.84 Å². The smallest absolute Gasteiger partial charge is 0.191 e. The molecule has 2 rings (SSSR count). The SMILES string of the molecule is CCNC(=NCCS(C)(=O)=O)NC1CCN(C2CCCC2)C1. The first-order valence-corrected chi connectivity index (χ1v) is 10.5. The van der Waals surface area contributed by atoms with Crippen LogP contribution in [-0.4, -0.2) is 69.5 Å². The predicted octanol–water partition coefficient (Wildman–Crippen LogP) is 0.603. The summed E-state index contributed by atoms with van der Waals surface area (Å²) < 4.78 is 22.4. The number of rotatable bonds is 6. The molecule has 0 amide bonds. The van der Waals surface area contributed by atoms with E-state index in [0.717, 1.165) is 38.1 Å². The molecule has 1 heterocycles. The highest BCUT2D eigenvalue weighted by Crippen LogP contribution is 2.26. The van der Waals surface area contributed by atoms with E-state index < -0.39 is 9.84 Å². The largest absolute Gasteiger partial charge is 0.357 e. The van der Waals surface area contributed by atoms with Crippen LogP contribution >= 0.6 is 0 Å². The van der Waals surface area contributed by atoms with Crippen molar-refractivity contribution in [3.8, 4) is 0 Å². The lowest BCUT2D eigenvalue weighted by Gasteiger charge is -2.24. The van der Waals surface area contributed by atoms with E-state index in [0.29, 0.717) is 12.6 Å². The van der Waals surface area contributed by atoms with E-state index >= 15 is 0 Å². The summed E-state index contributed by atoms with van der Waals surface area (Å²) in [4.78, 5) is 6.98. The molecule has 2 N–H and O–H groups in total. The molecule has 7 heteroatoms. The summed E-state index contributed by atoms with van der Waals surface area (Å²) in [6.45, 7) is 5.34. The molecule has 1 unspecified atom stereocenters. The second-order valence-electron chi connectivity index (χ2n) is 6.45. The molecule has 1 aliphatic carbocycles. The van der Waals surface area contributed by atoms with Gasteiger partial charge < -0.3 is 10.6 Å². The number of nitrogens with zero attached hydrogens (tertiary/aromatic N) is 2. The fraction of sp³-hybridized carbons (Fsp3) is 0.933. The number of nitrogens with one attached hydrogen (secondary N) is 2. The maximum absolute atomic E-state index is 11.2. The van der Waals surface area contributed by atoms with E-state index in [1.165, 1.54) is 31.9 Å². The zero-order valence-electron chi connectivity index (χ0n) is 13.8. The van der Waals surface area contributed by atoms with Crippen LogP contribution in [0.3, 0.4) is 0 Å². The third kappa shape index (κ3) is 5.76. The van der Waals surface area contributed by atoms with Gasteiger partial charge in [-0.1, -0.05) is 12.8 Å². The zero-order chi connectivity index (χ0) is 16.0. The molecular weight excluding hydrogens is 300 g/mol. The molecule has 1 aliphatic heterocycles. The average molecular weight is 330 g/mol. The number of sulfone groups is 1. The summed E-state index contributed by atoms with van der Waals surface area (Å²) >= 11 is 0. The molecule has 0 bridgehead atoms. The maximum Gasteiger partial charge on any atom is 0.191 e. The number of hydrogen-bond acceptors (Lipinski definition) is 4. The van der Waals surface area contributed by atoms with Gasteiger partial charge in [-0.3, -0.25) is 9.89 Å². The van der Waals surface area contributed by atoms with E-state index in [9.17, 15) is 8.42 Å². The first-order chi connectivity index (χ1) is 10.5. The second kappa shape index (κ2) is 8.15. The van der Waals surface area contributed by atoms with Crippen LogP contribution in [0.15, 0.2) is 4.99 Å². The molecule has 2 fully saturated rings. The molecule has 0 aromatic heterocycles. The summed E-state index contributed by atoms with van der Waals surface area (Å²) in [5, 5.41) is 6.66. The lowest BCUT2D eigenvalue weighted by molar-refractivity contribution is 0.242. The number of hydrogen-bond donors (Lipinski definition) is 2. The molecule has 1 saturated carbocycles. The third-order valence-corrected chi connectivity index (χ3v) is 5.40. The van der Waals surface area contributed by atoms with Crippen LogP contribution in [0.25, 0.3) is 0 Å². The van der Waals surface area contributed by atoms with E-state index in [-0.39, 0.29) is 5.75 Å². The van der Waals surface area contributed by atoms with Crippen molar-refractivity contribution in [2.24, 2.45) is 4.99 Å². The van der Waals surface area contributed by atoms with Gasteiger partial charge in [-0.2, -0.15) is 0 Å². The van der Waals surface area contributed by atoms with Gasteiger partial charge >= 0.3 is 0 Å². The standard InChI is InChI=1S/C15H30N4O2S/c1-3-16-15(17-9-11-22(2,20)21)18-13-8-10-19(12-13)14-6-4-5-7-14/h13-14H,3-12H2,1-2H3,(H2,16,17,18). The van der Waals surface area contributed by atoms with Gasteiger partial charge in [-0.25, -0.2) is 8.42 Å². The molecule has 6 nitrogen and oxygen atoms in total. The Morgan fingerprint density at radius 1 is 1.27 bits per heavy atom. The molecule has 1 atom stereocenters. The minimum absolute atomic E-state index is 0.0996. The van der Waals surface area contributed by atoms with Crippen LogP contribution in [0.4, 0.5) is 0 Å². The van der Waals surface area contributed by atoms with E-state index in [4.69, 9.17) is 0 Å². The number of guanidine groups is 1. The Hall–Kier alpha value is -0.820. The van der Waals surface area contributed by atoms with Crippen molar-refractivity contribution in [1.29, 1.82) is 0 Å². The fourth-order valence-corrected chi connectivity index (χ4v) is 3.77. The quantitative estimate of drug-likeness (QED) is 0.551. The monoisotopic (exact) mass is 330 g/mol.